The van der Waals surface area contributed by atoms with E-state index in [0.29, 0.717) is 11.6 Å². The summed E-state index contributed by atoms with van der Waals surface area (Å²) in [5, 5.41) is 9.52. The van der Waals surface area contributed by atoms with Crippen LogP contribution in [0.4, 0.5) is 0 Å². The van der Waals surface area contributed by atoms with Crippen molar-refractivity contribution < 1.29 is 5.32 Å². The minimum atomic E-state index is 0.556. The standard InChI is InChI=1S/C8H15BrN2/c1-6(2)4-8(10)7(9)5-11-3/h5-6,10-11H,4H2,1-3H3/p+1/b7-5+,10-8?. The number of halogens is 1. The number of hydrogen-bond donors (Lipinski definition) is 2. The highest BCUT2D eigenvalue weighted by Crippen LogP contribution is 2.11. The predicted molar refractivity (Wildman–Crippen MR) is 52.0 cm³/mol. The first kappa shape index (κ1) is 10.8. The maximum absolute atomic E-state index is 7.59. The van der Waals surface area contributed by atoms with Gasteiger partial charge in [-0.3, -0.25) is 0 Å². The lowest BCUT2D eigenvalue weighted by molar-refractivity contribution is -0.556. The van der Waals surface area contributed by atoms with E-state index in [0.717, 1.165) is 10.9 Å². The van der Waals surface area contributed by atoms with E-state index in [1.807, 2.05) is 18.6 Å². The number of rotatable bonds is 4. The minimum absolute atomic E-state index is 0.556. The molecule has 0 amide bonds. The zero-order chi connectivity index (χ0) is 8.85. The predicted octanol–water partition coefficient (Wildman–Crippen LogP) is 1.48. The van der Waals surface area contributed by atoms with E-state index in [1.165, 1.54) is 0 Å². The molecule has 0 bridgehead atoms. The van der Waals surface area contributed by atoms with E-state index in [1.54, 1.807) is 0 Å². The van der Waals surface area contributed by atoms with E-state index in [-0.39, 0.29) is 0 Å². The molecular weight excluding hydrogens is 204 g/mol. The molecule has 2 nitrogen and oxygen atoms in total. The lowest BCUT2D eigenvalue weighted by Gasteiger charge is -2.03. The third-order valence-corrected chi connectivity index (χ3v) is 1.96. The summed E-state index contributed by atoms with van der Waals surface area (Å²) in [7, 11) is 1.95. The first-order valence-electron chi connectivity index (χ1n) is 3.80. The van der Waals surface area contributed by atoms with Crippen LogP contribution in [0.2, 0.25) is 0 Å². The molecule has 0 saturated carbocycles. The van der Waals surface area contributed by atoms with Gasteiger partial charge in [-0.1, -0.05) is 13.8 Å². The Labute approximate surface area is 76.7 Å². The van der Waals surface area contributed by atoms with E-state index in [2.05, 4.69) is 29.8 Å². The molecule has 0 aromatic heterocycles. The van der Waals surface area contributed by atoms with Gasteiger partial charge in [-0.15, -0.1) is 0 Å². The van der Waals surface area contributed by atoms with Gasteiger partial charge in [0.15, 0.2) is 0 Å². The first-order chi connectivity index (χ1) is 5.07. The summed E-state index contributed by atoms with van der Waals surface area (Å²) < 4.78 is 0.897. The van der Waals surface area contributed by atoms with Crippen LogP contribution in [0.1, 0.15) is 20.3 Å². The van der Waals surface area contributed by atoms with Gasteiger partial charge in [0, 0.05) is 0 Å². The number of hydrogen-bond acceptors (Lipinski definition) is 1. The van der Waals surface area contributed by atoms with Gasteiger partial charge in [0.2, 0.25) is 0 Å². The fourth-order valence-corrected chi connectivity index (χ4v) is 1.18. The Bertz CT molecular complexity index is 161. The van der Waals surface area contributed by atoms with Crippen molar-refractivity contribution >= 4 is 21.6 Å². The largest absolute Gasteiger partial charge is 0.321 e. The fraction of sp³-hybridized carbons (Fsp3) is 0.625. The third kappa shape index (κ3) is 5.16. The van der Waals surface area contributed by atoms with Crippen molar-refractivity contribution in [2.75, 3.05) is 7.05 Å². The Kier molecular flexibility index (Phi) is 5.42. The molecule has 0 rings (SSSR count). The summed E-state index contributed by atoms with van der Waals surface area (Å²) in [5.41, 5.74) is 0.679. The Morgan fingerprint density at radius 1 is 1.64 bits per heavy atom. The average molecular weight is 220 g/mol. The Balaban J connectivity index is 3.93. The molecule has 0 aromatic carbocycles. The lowest BCUT2D eigenvalue weighted by atomic mass is 10.1. The molecule has 0 aliphatic rings. The van der Waals surface area contributed by atoms with Crippen molar-refractivity contribution in [3.05, 3.63) is 10.7 Å². The van der Waals surface area contributed by atoms with Crippen molar-refractivity contribution in [2.45, 2.75) is 20.3 Å². The van der Waals surface area contributed by atoms with Crippen LogP contribution in [0.15, 0.2) is 10.7 Å². The van der Waals surface area contributed by atoms with E-state index in [4.69, 9.17) is 5.41 Å². The van der Waals surface area contributed by atoms with Gasteiger partial charge in [-0.25, -0.2) is 0 Å². The maximum Gasteiger partial charge on any atom is 0.109 e. The summed E-state index contributed by atoms with van der Waals surface area (Å²) in [5.74, 6) is 0.556. The molecule has 0 atom stereocenters. The highest BCUT2D eigenvalue weighted by atomic mass is 79.9. The van der Waals surface area contributed by atoms with Crippen LogP contribution in [0.5, 0.6) is 0 Å². The summed E-state index contributed by atoms with van der Waals surface area (Å²) in [6.07, 6.45) is 2.75. The Hall–Kier alpha value is -0.150. The molecule has 0 fully saturated rings. The number of allylic oxidation sites excluding steroid dienone is 1. The van der Waals surface area contributed by atoms with Crippen LogP contribution in [0, 0.1) is 11.3 Å². The normalized spacial score (nSPS) is 12.3. The van der Waals surface area contributed by atoms with E-state index in [9.17, 15) is 0 Å². The smallest absolute Gasteiger partial charge is 0.109 e. The van der Waals surface area contributed by atoms with Crippen LogP contribution in [-0.4, -0.2) is 12.8 Å². The number of nitrogens with two attached hydrogens (primary N) is 1. The first-order valence-corrected chi connectivity index (χ1v) is 4.60. The third-order valence-electron chi connectivity index (χ3n) is 1.21. The van der Waals surface area contributed by atoms with E-state index < -0.39 is 0 Å². The molecule has 0 spiro atoms. The molecule has 0 aromatic rings. The second-order valence-electron chi connectivity index (χ2n) is 2.92. The molecule has 0 heterocycles. The number of nitrogens with one attached hydrogen (secondary N) is 1. The Morgan fingerprint density at radius 2 is 2.18 bits per heavy atom. The highest BCUT2D eigenvalue weighted by molar-refractivity contribution is 9.12. The van der Waals surface area contributed by atoms with Gasteiger partial charge in [0.1, 0.15) is 6.20 Å². The minimum Gasteiger partial charge on any atom is -0.321 e. The van der Waals surface area contributed by atoms with Crippen LogP contribution in [0.25, 0.3) is 0 Å². The SMILES string of the molecule is C[NH2+]/C=C(/Br)C(=N)CC(C)C. The molecule has 3 N–H and O–H groups in total. The second kappa shape index (κ2) is 5.49. The fourth-order valence-electron chi connectivity index (χ4n) is 0.753. The van der Waals surface area contributed by atoms with Gasteiger partial charge < -0.3 is 10.7 Å². The summed E-state index contributed by atoms with van der Waals surface area (Å²) >= 11 is 3.34. The molecule has 11 heavy (non-hydrogen) atoms. The van der Waals surface area contributed by atoms with Gasteiger partial charge >= 0.3 is 0 Å². The topological polar surface area (TPSA) is 40.5 Å². The molecule has 0 unspecified atom stereocenters. The van der Waals surface area contributed by atoms with E-state index >= 15 is 0 Å². The summed E-state index contributed by atoms with van der Waals surface area (Å²) in [6, 6.07) is 0. The van der Waals surface area contributed by atoms with Crippen molar-refractivity contribution in [3.63, 3.8) is 0 Å². The molecule has 0 aliphatic heterocycles. The molecule has 0 radical (unpaired) electrons. The van der Waals surface area contributed by atoms with Gasteiger partial charge in [0.25, 0.3) is 0 Å². The summed E-state index contributed by atoms with van der Waals surface area (Å²) in [6.45, 7) is 4.23. The lowest BCUT2D eigenvalue weighted by Crippen LogP contribution is -2.73. The molecule has 64 valence electrons. The van der Waals surface area contributed by atoms with Crippen molar-refractivity contribution in [2.24, 2.45) is 5.92 Å². The van der Waals surface area contributed by atoms with Gasteiger partial charge in [0.05, 0.1) is 17.2 Å². The molecule has 3 heteroatoms. The van der Waals surface area contributed by atoms with Gasteiger partial charge in [-0.2, -0.15) is 0 Å². The zero-order valence-electron chi connectivity index (χ0n) is 7.32. The summed E-state index contributed by atoms with van der Waals surface area (Å²) in [4.78, 5) is 0. The highest BCUT2D eigenvalue weighted by Gasteiger charge is 2.04. The van der Waals surface area contributed by atoms with Crippen LogP contribution in [0.3, 0.4) is 0 Å². The number of quaternary nitrogens is 1. The molecular formula is C8H16BrN2+. The monoisotopic (exact) mass is 219 g/mol. The van der Waals surface area contributed by atoms with Crippen molar-refractivity contribution in [1.82, 2.24) is 0 Å². The molecule has 0 aliphatic carbocycles. The maximum atomic E-state index is 7.59. The Morgan fingerprint density at radius 3 is 2.55 bits per heavy atom. The van der Waals surface area contributed by atoms with Gasteiger partial charge in [-0.05, 0) is 28.3 Å². The quantitative estimate of drug-likeness (QED) is 0.674. The van der Waals surface area contributed by atoms with Crippen LogP contribution < -0.4 is 5.32 Å². The average Bonchev–Trinajstić information content (AvgIpc) is 1.86. The zero-order valence-corrected chi connectivity index (χ0v) is 8.90. The van der Waals surface area contributed by atoms with Crippen molar-refractivity contribution in [1.29, 1.82) is 5.41 Å². The molecule has 0 saturated heterocycles. The van der Waals surface area contributed by atoms with Crippen molar-refractivity contribution in [3.8, 4) is 0 Å². The van der Waals surface area contributed by atoms with Crippen LogP contribution >= 0.6 is 15.9 Å². The second-order valence-corrected chi connectivity index (χ2v) is 3.78. The van der Waals surface area contributed by atoms with Crippen LogP contribution in [-0.2, 0) is 0 Å².